The van der Waals surface area contributed by atoms with Gasteiger partial charge >= 0.3 is 0 Å². The second kappa shape index (κ2) is 5.46. The molecular weight excluding hydrogens is 198 g/mol. The fraction of sp³-hybridized carbons (Fsp3) is 0.571. The number of benzene rings is 1. The summed E-state index contributed by atoms with van der Waals surface area (Å²) in [6.07, 6.45) is 1.45. The number of hydrogen-bond acceptors (Lipinski definition) is 2. The van der Waals surface area contributed by atoms with Gasteiger partial charge in [0.05, 0.1) is 6.10 Å². The molecule has 1 aliphatic heterocycles. The molecule has 88 valence electrons. The van der Waals surface area contributed by atoms with Crippen LogP contribution in [0.2, 0.25) is 0 Å². The Morgan fingerprint density at radius 3 is 2.75 bits per heavy atom. The molecule has 0 saturated carbocycles. The molecule has 0 aliphatic carbocycles. The van der Waals surface area contributed by atoms with Crippen molar-refractivity contribution >= 4 is 0 Å². The van der Waals surface area contributed by atoms with Gasteiger partial charge in [0.25, 0.3) is 0 Å². The van der Waals surface area contributed by atoms with E-state index < -0.39 is 0 Å². The number of rotatable bonds is 4. The van der Waals surface area contributed by atoms with Gasteiger partial charge in [0, 0.05) is 25.1 Å². The van der Waals surface area contributed by atoms with Crippen LogP contribution in [-0.2, 0) is 4.74 Å². The van der Waals surface area contributed by atoms with Crippen molar-refractivity contribution in [3.63, 3.8) is 0 Å². The van der Waals surface area contributed by atoms with Crippen molar-refractivity contribution in [1.82, 2.24) is 5.32 Å². The number of hydrogen-bond donors (Lipinski definition) is 1. The first-order chi connectivity index (χ1) is 7.77. The van der Waals surface area contributed by atoms with E-state index in [0.717, 1.165) is 13.2 Å². The highest BCUT2D eigenvalue weighted by Crippen LogP contribution is 2.33. The van der Waals surface area contributed by atoms with Crippen molar-refractivity contribution in [2.45, 2.75) is 32.4 Å². The molecule has 0 aromatic heterocycles. The molecule has 1 saturated heterocycles. The lowest BCUT2D eigenvalue weighted by Gasteiger charge is -2.20. The Hall–Kier alpha value is -0.860. The van der Waals surface area contributed by atoms with Crippen LogP contribution in [0, 0.1) is 5.92 Å². The Labute approximate surface area is 98.0 Å². The van der Waals surface area contributed by atoms with Crippen molar-refractivity contribution in [2.24, 2.45) is 5.92 Å². The van der Waals surface area contributed by atoms with E-state index in [2.05, 4.69) is 49.5 Å². The minimum atomic E-state index is 0.285. The highest BCUT2D eigenvalue weighted by Gasteiger charge is 2.29. The molecule has 0 amide bonds. The minimum Gasteiger partial charge on any atom is -0.373 e. The second-order valence-corrected chi connectivity index (χ2v) is 4.81. The molecule has 2 heteroatoms. The van der Waals surface area contributed by atoms with Gasteiger partial charge < -0.3 is 10.1 Å². The first-order valence-corrected chi connectivity index (χ1v) is 6.17. The molecule has 1 aromatic carbocycles. The zero-order valence-electron chi connectivity index (χ0n) is 10.1. The molecule has 1 fully saturated rings. The van der Waals surface area contributed by atoms with Gasteiger partial charge in [0.1, 0.15) is 0 Å². The van der Waals surface area contributed by atoms with E-state index in [1.165, 1.54) is 12.0 Å². The van der Waals surface area contributed by atoms with E-state index in [9.17, 15) is 0 Å². The van der Waals surface area contributed by atoms with Crippen molar-refractivity contribution < 1.29 is 4.74 Å². The van der Waals surface area contributed by atoms with Crippen LogP contribution in [0.15, 0.2) is 30.3 Å². The molecule has 0 radical (unpaired) electrons. The van der Waals surface area contributed by atoms with E-state index in [4.69, 9.17) is 4.74 Å². The van der Waals surface area contributed by atoms with Gasteiger partial charge in [0.15, 0.2) is 0 Å². The molecule has 1 aliphatic rings. The monoisotopic (exact) mass is 219 g/mol. The number of nitrogens with one attached hydrogen (secondary N) is 1. The standard InChI is InChI=1S/C14H21NO/c1-11(2)15-10-13-8-9-16-14(13)12-6-4-3-5-7-12/h3-7,11,13-15H,8-10H2,1-2H3. The van der Waals surface area contributed by atoms with Crippen molar-refractivity contribution in [3.8, 4) is 0 Å². The Morgan fingerprint density at radius 1 is 1.31 bits per heavy atom. The quantitative estimate of drug-likeness (QED) is 0.840. The molecule has 1 heterocycles. The van der Waals surface area contributed by atoms with E-state index in [1.807, 2.05) is 0 Å². The first kappa shape index (κ1) is 11.6. The molecule has 2 nitrogen and oxygen atoms in total. The second-order valence-electron chi connectivity index (χ2n) is 4.81. The molecule has 0 spiro atoms. The maximum atomic E-state index is 5.84. The van der Waals surface area contributed by atoms with Gasteiger partial charge in [-0.3, -0.25) is 0 Å². The van der Waals surface area contributed by atoms with E-state index >= 15 is 0 Å². The Balaban J connectivity index is 1.98. The van der Waals surface area contributed by atoms with Gasteiger partial charge in [-0.25, -0.2) is 0 Å². The Kier molecular flexibility index (Phi) is 3.97. The van der Waals surface area contributed by atoms with Crippen LogP contribution >= 0.6 is 0 Å². The predicted molar refractivity (Wildman–Crippen MR) is 66.4 cm³/mol. The summed E-state index contributed by atoms with van der Waals surface area (Å²) in [5, 5.41) is 3.51. The topological polar surface area (TPSA) is 21.3 Å². The summed E-state index contributed by atoms with van der Waals surface area (Å²) in [4.78, 5) is 0. The van der Waals surface area contributed by atoms with Gasteiger partial charge in [-0.15, -0.1) is 0 Å². The molecule has 2 atom stereocenters. The van der Waals surface area contributed by atoms with Crippen molar-refractivity contribution in [1.29, 1.82) is 0 Å². The fourth-order valence-corrected chi connectivity index (χ4v) is 2.24. The van der Waals surface area contributed by atoms with Crippen molar-refractivity contribution in [2.75, 3.05) is 13.2 Å². The summed E-state index contributed by atoms with van der Waals surface area (Å²) >= 11 is 0. The SMILES string of the molecule is CC(C)NCC1CCOC1c1ccccc1. The highest BCUT2D eigenvalue weighted by molar-refractivity contribution is 5.19. The molecule has 0 bridgehead atoms. The van der Waals surface area contributed by atoms with Gasteiger partial charge in [0.2, 0.25) is 0 Å². The van der Waals surface area contributed by atoms with Gasteiger partial charge in [-0.2, -0.15) is 0 Å². The molecular formula is C14H21NO. The maximum absolute atomic E-state index is 5.84. The first-order valence-electron chi connectivity index (χ1n) is 6.17. The maximum Gasteiger partial charge on any atom is 0.0866 e. The zero-order chi connectivity index (χ0) is 11.4. The smallest absolute Gasteiger partial charge is 0.0866 e. The van der Waals surface area contributed by atoms with E-state index in [-0.39, 0.29) is 6.10 Å². The lowest BCUT2D eigenvalue weighted by Crippen LogP contribution is -2.30. The molecule has 2 unspecified atom stereocenters. The summed E-state index contributed by atoms with van der Waals surface area (Å²) in [7, 11) is 0. The summed E-state index contributed by atoms with van der Waals surface area (Å²) in [6, 6.07) is 11.1. The predicted octanol–water partition coefficient (Wildman–Crippen LogP) is 2.76. The van der Waals surface area contributed by atoms with Crippen LogP contribution in [0.4, 0.5) is 0 Å². The summed E-state index contributed by atoms with van der Waals surface area (Å²) in [6.45, 7) is 6.32. The average molecular weight is 219 g/mol. The van der Waals surface area contributed by atoms with E-state index in [0.29, 0.717) is 12.0 Å². The van der Waals surface area contributed by atoms with Gasteiger partial charge in [-0.05, 0) is 12.0 Å². The molecule has 2 rings (SSSR count). The average Bonchev–Trinajstić information content (AvgIpc) is 2.75. The third kappa shape index (κ3) is 2.83. The van der Waals surface area contributed by atoms with Gasteiger partial charge in [-0.1, -0.05) is 44.2 Å². The summed E-state index contributed by atoms with van der Waals surface area (Å²) in [5.41, 5.74) is 1.32. The third-order valence-corrected chi connectivity index (χ3v) is 3.13. The lowest BCUT2D eigenvalue weighted by molar-refractivity contribution is 0.0901. The largest absolute Gasteiger partial charge is 0.373 e. The molecule has 16 heavy (non-hydrogen) atoms. The number of ether oxygens (including phenoxy) is 1. The van der Waals surface area contributed by atoms with Crippen LogP contribution in [-0.4, -0.2) is 19.2 Å². The fourth-order valence-electron chi connectivity index (χ4n) is 2.24. The normalized spacial score (nSPS) is 25.2. The van der Waals surface area contributed by atoms with Crippen LogP contribution in [0.1, 0.15) is 31.9 Å². The van der Waals surface area contributed by atoms with Crippen LogP contribution in [0.5, 0.6) is 0 Å². The summed E-state index contributed by atoms with van der Waals surface area (Å²) < 4.78 is 5.84. The van der Waals surface area contributed by atoms with Crippen LogP contribution < -0.4 is 5.32 Å². The summed E-state index contributed by atoms with van der Waals surface area (Å²) in [5.74, 6) is 0.616. The molecule has 1 aromatic rings. The lowest BCUT2D eigenvalue weighted by atomic mass is 9.95. The Morgan fingerprint density at radius 2 is 2.06 bits per heavy atom. The van der Waals surface area contributed by atoms with Crippen LogP contribution in [0.25, 0.3) is 0 Å². The third-order valence-electron chi connectivity index (χ3n) is 3.13. The Bertz CT molecular complexity index is 310. The van der Waals surface area contributed by atoms with Crippen LogP contribution in [0.3, 0.4) is 0 Å². The zero-order valence-corrected chi connectivity index (χ0v) is 10.1. The molecule has 1 N–H and O–H groups in total. The van der Waals surface area contributed by atoms with Crippen molar-refractivity contribution in [3.05, 3.63) is 35.9 Å². The van der Waals surface area contributed by atoms with E-state index in [1.54, 1.807) is 0 Å². The highest BCUT2D eigenvalue weighted by atomic mass is 16.5. The minimum absolute atomic E-state index is 0.285.